The average molecular weight is 508 g/mol. The van der Waals surface area contributed by atoms with E-state index in [9.17, 15) is 4.79 Å². The van der Waals surface area contributed by atoms with Gasteiger partial charge in [0, 0.05) is 11.1 Å². The molecule has 0 saturated heterocycles. The van der Waals surface area contributed by atoms with Gasteiger partial charge in [0.05, 0.1) is 36.3 Å². The zero-order valence-electron chi connectivity index (χ0n) is 20.0. The first-order valence-electron chi connectivity index (χ1n) is 11.5. The van der Waals surface area contributed by atoms with Gasteiger partial charge in [0.15, 0.2) is 22.3 Å². The van der Waals surface area contributed by atoms with Gasteiger partial charge in [-0.15, -0.1) is 0 Å². The van der Waals surface area contributed by atoms with Gasteiger partial charge in [0.2, 0.25) is 0 Å². The number of anilines is 1. The van der Waals surface area contributed by atoms with Crippen molar-refractivity contribution in [2.45, 2.75) is 0 Å². The van der Waals surface area contributed by atoms with Gasteiger partial charge < -0.3 is 9.47 Å². The van der Waals surface area contributed by atoms with Crippen LogP contribution in [0.15, 0.2) is 85.1 Å². The highest BCUT2D eigenvalue weighted by Crippen LogP contribution is 2.34. The Morgan fingerprint density at radius 1 is 0.865 bits per heavy atom. The third-order valence-electron chi connectivity index (χ3n) is 5.98. The Kier molecular flexibility index (Phi) is 5.74. The quantitative estimate of drug-likeness (QED) is 0.300. The van der Waals surface area contributed by atoms with Crippen LogP contribution in [0.5, 0.6) is 11.5 Å². The van der Waals surface area contributed by atoms with Crippen molar-refractivity contribution < 1.29 is 14.3 Å². The number of hydrogen-bond acceptors (Lipinski definition) is 7. The summed E-state index contributed by atoms with van der Waals surface area (Å²) in [5.41, 5.74) is 4.88. The fourth-order valence-corrected chi connectivity index (χ4v) is 5.05. The molecule has 182 valence electrons. The number of para-hydroxylation sites is 1. The van der Waals surface area contributed by atoms with E-state index in [0.29, 0.717) is 28.0 Å². The topological polar surface area (TPSA) is 90.6 Å². The molecule has 0 atom stereocenters. The summed E-state index contributed by atoms with van der Waals surface area (Å²) >= 11 is 1.42. The van der Waals surface area contributed by atoms with Crippen molar-refractivity contribution in [1.29, 1.82) is 0 Å². The maximum Gasteiger partial charge on any atom is 0.276 e. The molecule has 0 aliphatic carbocycles. The lowest BCUT2D eigenvalue weighted by atomic mass is 10.1. The van der Waals surface area contributed by atoms with E-state index in [2.05, 4.69) is 15.4 Å². The molecule has 0 fully saturated rings. The van der Waals surface area contributed by atoms with Crippen molar-refractivity contribution in [2.24, 2.45) is 0 Å². The first-order chi connectivity index (χ1) is 18.1. The fraction of sp³-hybridized carbons (Fsp3) is 0.0714. The summed E-state index contributed by atoms with van der Waals surface area (Å²) in [6, 6.07) is 24.9. The third-order valence-corrected chi connectivity index (χ3v) is 6.93. The van der Waals surface area contributed by atoms with E-state index in [4.69, 9.17) is 14.5 Å². The van der Waals surface area contributed by atoms with E-state index in [0.717, 1.165) is 26.9 Å². The standard InChI is InChI=1S/C28H21N5O3S/c1-35-23-13-12-18(14-24(23)36-2)22-15-21(27(34)32-28-31-20-10-6-7-11-25(20)37-28)30-26-19(16-29-33(22)26)17-8-4-3-5-9-17/h3-16H,1-2H3,(H,31,32,34). The lowest BCUT2D eigenvalue weighted by molar-refractivity contribution is 0.102. The Balaban J connectivity index is 1.50. The van der Waals surface area contributed by atoms with Crippen LogP contribution in [0.3, 0.4) is 0 Å². The van der Waals surface area contributed by atoms with E-state index >= 15 is 0 Å². The van der Waals surface area contributed by atoms with Gasteiger partial charge in [-0.25, -0.2) is 14.5 Å². The van der Waals surface area contributed by atoms with Crippen molar-refractivity contribution in [2.75, 3.05) is 19.5 Å². The Morgan fingerprint density at radius 3 is 2.43 bits per heavy atom. The summed E-state index contributed by atoms with van der Waals surface area (Å²) in [7, 11) is 3.17. The van der Waals surface area contributed by atoms with Crippen molar-refractivity contribution in [1.82, 2.24) is 19.6 Å². The molecule has 3 aromatic carbocycles. The Labute approximate surface area is 216 Å². The van der Waals surface area contributed by atoms with Crippen LogP contribution < -0.4 is 14.8 Å². The molecule has 1 N–H and O–H groups in total. The monoisotopic (exact) mass is 507 g/mol. The molecule has 0 radical (unpaired) electrons. The largest absolute Gasteiger partial charge is 0.493 e. The maximum atomic E-state index is 13.4. The number of aromatic nitrogens is 4. The molecule has 0 bridgehead atoms. The molecule has 37 heavy (non-hydrogen) atoms. The van der Waals surface area contributed by atoms with Crippen LogP contribution >= 0.6 is 11.3 Å². The molecule has 9 heteroatoms. The molecule has 6 rings (SSSR count). The van der Waals surface area contributed by atoms with Gasteiger partial charge in [-0.2, -0.15) is 5.10 Å². The number of nitrogens with zero attached hydrogens (tertiary/aromatic N) is 4. The highest BCUT2D eigenvalue weighted by atomic mass is 32.1. The number of rotatable bonds is 6. The van der Waals surface area contributed by atoms with Gasteiger partial charge >= 0.3 is 0 Å². The molecule has 0 aliphatic heterocycles. The van der Waals surface area contributed by atoms with Crippen LogP contribution in [-0.4, -0.2) is 39.7 Å². The van der Waals surface area contributed by atoms with Crippen LogP contribution in [0.1, 0.15) is 10.5 Å². The molecule has 6 aromatic rings. The minimum atomic E-state index is -0.358. The van der Waals surface area contributed by atoms with Crippen LogP contribution in [0.2, 0.25) is 0 Å². The highest BCUT2D eigenvalue weighted by Gasteiger charge is 2.20. The van der Waals surface area contributed by atoms with E-state index < -0.39 is 0 Å². The Hall–Kier alpha value is -4.76. The number of methoxy groups -OCH3 is 2. The number of thiazole rings is 1. The number of carbonyl (C=O) groups excluding carboxylic acids is 1. The lowest BCUT2D eigenvalue weighted by Gasteiger charge is -2.12. The number of amides is 1. The summed E-state index contributed by atoms with van der Waals surface area (Å²) in [6.45, 7) is 0. The molecule has 0 aliphatic rings. The Morgan fingerprint density at radius 2 is 1.65 bits per heavy atom. The summed E-state index contributed by atoms with van der Waals surface area (Å²) in [5.74, 6) is 0.820. The Bertz CT molecular complexity index is 1730. The van der Waals surface area contributed by atoms with Crippen LogP contribution in [0, 0.1) is 0 Å². The minimum Gasteiger partial charge on any atom is -0.493 e. The SMILES string of the molecule is COc1ccc(-c2cc(C(=O)Nc3nc4ccccc4s3)nc3c(-c4ccccc4)cnn23)cc1OC. The molecule has 1 amide bonds. The first-order valence-corrected chi connectivity index (χ1v) is 12.3. The van der Waals surface area contributed by atoms with Crippen molar-refractivity contribution in [3.63, 3.8) is 0 Å². The number of hydrogen-bond donors (Lipinski definition) is 1. The number of nitrogens with one attached hydrogen (secondary N) is 1. The molecule has 3 heterocycles. The second kappa shape index (κ2) is 9.36. The van der Waals surface area contributed by atoms with E-state index in [-0.39, 0.29) is 11.6 Å². The second-order valence-electron chi connectivity index (χ2n) is 8.20. The van der Waals surface area contributed by atoms with Crippen LogP contribution in [-0.2, 0) is 0 Å². The number of ether oxygens (including phenoxy) is 2. The van der Waals surface area contributed by atoms with E-state index in [1.807, 2.05) is 72.8 Å². The molecular weight excluding hydrogens is 486 g/mol. The maximum absolute atomic E-state index is 13.4. The second-order valence-corrected chi connectivity index (χ2v) is 9.23. The van der Waals surface area contributed by atoms with Crippen molar-refractivity contribution in [3.05, 3.63) is 90.8 Å². The molecule has 0 unspecified atom stereocenters. The molecule has 3 aromatic heterocycles. The molecule has 0 spiro atoms. The highest BCUT2D eigenvalue weighted by molar-refractivity contribution is 7.22. The summed E-state index contributed by atoms with van der Waals surface area (Å²) in [4.78, 5) is 22.7. The van der Waals surface area contributed by atoms with Gasteiger partial charge in [0.1, 0.15) is 5.69 Å². The van der Waals surface area contributed by atoms with Crippen LogP contribution in [0.25, 0.3) is 38.2 Å². The number of carbonyl (C=O) groups is 1. The molecular formula is C28H21N5O3S. The number of benzene rings is 3. The van der Waals surface area contributed by atoms with Crippen molar-refractivity contribution in [3.8, 4) is 33.9 Å². The van der Waals surface area contributed by atoms with Gasteiger partial charge in [-0.1, -0.05) is 53.8 Å². The zero-order chi connectivity index (χ0) is 25.4. The minimum absolute atomic E-state index is 0.245. The van der Waals surface area contributed by atoms with Crippen LogP contribution in [0.4, 0.5) is 5.13 Å². The summed E-state index contributed by atoms with van der Waals surface area (Å²) < 4.78 is 13.6. The lowest BCUT2D eigenvalue weighted by Crippen LogP contribution is -2.15. The summed E-state index contributed by atoms with van der Waals surface area (Å²) in [6.07, 6.45) is 1.76. The van der Waals surface area contributed by atoms with Gasteiger partial charge in [-0.05, 0) is 42.0 Å². The smallest absolute Gasteiger partial charge is 0.276 e. The predicted octanol–water partition coefficient (Wildman–Crippen LogP) is 5.94. The first kappa shape index (κ1) is 22.7. The van der Waals surface area contributed by atoms with Gasteiger partial charge in [0.25, 0.3) is 5.91 Å². The number of fused-ring (bicyclic) bond motifs is 2. The van der Waals surface area contributed by atoms with E-state index in [1.54, 1.807) is 31.0 Å². The van der Waals surface area contributed by atoms with E-state index in [1.165, 1.54) is 11.3 Å². The van der Waals surface area contributed by atoms with Crippen molar-refractivity contribution >= 4 is 38.2 Å². The van der Waals surface area contributed by atoms with Gasteiger partial charge in [-0.3, -0.25) is 10.1 Å². The molecule has 8 nitrogen and oxygen atoms in total. The molecule has 0 saturated carbocycles. The average Bonchev–Trinajstić information content (AvgIpc) is 3.56. The fourth-order valence-electron chi connectivity index (χ4n) is 4.19. The normalized spacial score (nSPS) is 11.1. The predicted molar refractivity (Wildman–Crippen MR) is 145 cm³/mol. The summed E-state index contributed by atoms with van der Waals surface area (Å²) in [5, 5.41) is 8.05. The third kappa shape index (κ3) is 4.15. The zero-order valence-corrected chi connectivity index (χ0v) is 20.8.